The summed E-state index contributed by atoms with van der Waals surface area (Å²) < 4.78 is 16.2. The van der Waals surface area contributed by atoms with Gasteiger partial charge >= 0.3 is 0 Å². The Morgan fingerprint density at radius 2 is 1.76 bits per heavy atom. The van der Waals surface area contributed by atoms with Crippen molar-refractivity contribution in [2.75, 3.05) is 48.0 Å². The molecule has 0 aliphatic carbocycles. The summed E-state index contributed by atoms with van der Waals surface area (Å²) in [6.45, 7) is 6.17. The lowest BCUT2D eigenvalue weighted by molar-refractivity contribution is 0.159. The normalized spacial score (nSPS) is 17.3. The highest BCUT2D eigenvalue weighted by Crippen LogP contribution is 2.34. The number of likely N-dealkylation sites (tertiary alicyclic amines) is 1. The molecule has 166 valence electrons. The second-order valence-electron chi connectivity index (χ2n) is 7.11. The quantitative estimate of drug-likeness (QED) is 0.226. The summed E-state index contributed by atoms with van der Waals surface area (Å²) in [7, 11) is 6.68. The van der Waals surface area contributed by atoms with Crippen LogP contribution in [0.2, 0.25) is 0 Å². The number of nitrogens with zero attached hydrogens (tertiary/aromatic N) is 2. The molecule has 0 aromatic heterocycles. The molecule has 2 N–H and O–H groups in total. The lowest BCUT2D eigenvalue weighted by Gasteiger charge is -2.33. The van der Waals surface area contributed by atoms with Gasteiger partial charge in [0.15, 0.2) is 17.5 Å². The molecule has 1 aromatic carbocycles. The lowest BCUT2D eigenvalue weighted by atomic mass is 10.0. The van der Waals surface area contributed by atoms with Crippen molar-refractivity contribution in [2.24, 2.45) is 4.99 Å². The van der Waals surface area contributed by atoms with Crippen LogP contribution >= 0.6 is 24.0 Å². The third kappa shape index (κ3) is 7.73. The minimum Gasteiger partial charge on any atom is -0.496 e. The van der Waals surface area contributed by atoms with Gasteiger partial charge in [-0.3, -0.25) is 4.99 Å². The zero-order chi connectivity index (χ0) is 20.4. The fourth-order valence-corrected chi connectivity index (χ4v) is 3.61. The zero-order valence-electron chi connectivity index (χ0n) is 18.4. The molecule has 0 radical (unpaired) electrons. The summed E-state index contributed by atoms with van der Waals surface area (Å²) in [5.74, 6) is 2.86. The van der Waals surface area contributed by atoms with E-state index in [4.69, 9.17) is 14.2 Å². The van der Waals surface area contributed by atoms with Gasteiger partial charge in [0, 0.05) is 44.4 Å². The van der Waals surface area contributed by atoms with E-state index in [0.717, 1.165) is 36.8 Å². The van der Waals surface area contributed by atoms with Crippen LogP contribution < -0.4 is 24.8 Å². The topological polar surface area (TPSA) is 67.4 Å². The van der Waals surface area contributed by atoms with Crippen molar-refractivity contribution < 1.29 is 14.2 Å². The average Bonchev–Trinajstić information content (AvgIpc) is 2.73. The number of guanidine groups is 1. The van der Waals surface area contributed by atoms with Crippen LogP contribution in [0.1, 0.15) is 38.2 Å². The van der Waals surface area contributed by atoms with Crippen molar-refractivity contribution >= 4 is 29.9 Å². The molecule has 1 heterocycles. The Balaban J connectivity index is 0.00000420. The van der Waals surface area contributed by atoms with Crippen molar-refractivity contribution in [3.8, 4) is 17.2 Å². The van der Waals surface area contributed by atoms with Gasteiger partial charge in [0.25, 0.3) is 0 Å². The number of halogens is 1. The van der Waals surface area contributed by atoms with Crippen molar-refractivity contribution in [2.45, 2.75) is 45.2 Å². The first-order valence-corrected chi connectivity index (χ1v) is 10.1. The highest BCUT2D eigenvalue weighted by molar-refractivity contribution is 14.0. The van der Waals surface area contributed by atoms with Gasteiger partial charge in [0.1, 0.15) is 5.75 Å². The Labute approximate surface area is 192 Å². The van der Waals surface area contributed by atoms with Crippen LogP contribution in [0, 0.1) is 0 Å². The van der Waals surface area contributed by atoms with Crippen LogP contribution in [0.15, 0.2) is 17.1 Å². The van der Waals surface area contributed by atoms with Gasteiger partial charge in [-0.1, -0.05) is 6.42 Å². The van der Waals surface area contributed by atoms with Gasteiger partial charge in [-0.25, -0.2) is 0 Å². The van der Waals surface area contributed by atoms with Crippen LogP contribution in [0.3, 0.4) is 0 Å². The highest BCUT2D eigenvalue weighted by atomic mass is 127. The van der Waals surface area contributed by atoms with Gasteiger partial charge in [-0.05, 0) is 38.8 Å². The lowest BCUT2D eigenvalue weighted by Crippen LogP contribution is -2.41. The van der Waals surface area contributed by atoms with E-state index in [1.807, 2.05) is 12.1 Å². The van der Waals surface area contributed by atoms with E-state index in [0.29, 0.717) is 24.1 Å². The van der Waals surface area contributed by atoms with Crippen molar-refractivity contribution in [1.82, 2.24) is 15.5 Å². The van der Waals surface area contributed by atoms with E-state index in [2.05, 4.69) is 27.4 Å². The predicted molar refractivity (Wildman–Crippen MR) is 129 cm³/mol. The molecule has 0 spiro atoms. The van der Waals surface area contributed by atoms with E-state index < -0.39 is 0 Å². The van der Waals surface area contributed by atoms with Crippen molar-refractivity contribution in [1.29, 1.82) is 0 Å². The Kier molecular flexibility index (Phi) is 12.1. The summed E-state index contributed by atoms with van der Waals surface area (Å²) >= 11 is 0. The number of methoxy groups -OCH3 is 3. The van der Waals surface area contributed by atoms with E-state index in [1.54, 1.807) is 28.4 Å². The summed E-state index contributed by atoms with van der Waals surface area (Å²) in [6.07, 6.45) is 5.12. The third-order valence-electron chi connectivity index (χ3n) is 5.31. The fraction of sp³-hybridized carbons (Fsp3) is 0.667. The van der Waals surface area contributed by atoms with Crippen LogP contribution in [0.5, 0.6) is 17.2 Å². The van der Waals surface area contributed by atoms with Gasteiger partial charge < -0.3 is 29.7 Å². The third-order valence-corrected chi connectivity index (χ3v) is 5.31. The average molecular weight is 520 g/mol. The number of benzene rings is 1. The highest BCUT2D eigenvalue weighted by Gasteiger charge is 2.17. The first-order valence-electron chi connectivity index (χ1n) is 10.1. The monoisotopic (exact) mass is 520 g/mol. The van der Waals surface area contributed by atoms with E-state index in [-0.39, 0.29) is 24.0 Å². The van der Waals surface area contributed by atoms with Crippen molar-refractivity contribution in [3.63, 3.8) is 0 Å². The molecule has 0 bridgehead atoms. The van der Waals surface area contributed by atoms with Crippen molar-refractivity contribution in [3.05, 3.63) is 17.7 Å². The molecule has 1 fully saturated rings. The summed E-state index contributed by atoms with van der Waals surface area (Å²) in [6, 6.07) is 4.48. The molecule has 2 rings (SSSR count). The smallest absolute Gasteiger partial charge is 0.191 e. The fourth-order valence-electron chi connectivity index (χ4n) is 3.61. The summed E-state index contributed by atoms with van der Waals surface area (Å²) in [5, 5.41) is 6.74. The van der Waals surface area contributed by atoms with Gasteiger partial charge in [0.2, 0.25) is 0 Å². The number of hydrogen-bond donors (Lipinski definition) is 2. The number of hydrogen-bond acceptors (Lipinski definition) is 5. The van der Waals surface area contributed by atoms with Crippen LogP contribution in [0.4, 0.5) is 0 Å². The second-order valence-corrected chi connectivity index (χ2v) is 7.11. The minimum absolute atomic E-state index is 0. The molecule has 1 atom stereocenters. The van der Waals surface area contributed by atoms with Gasteiger partial charge in [-0.2, -0.15) is 0 Å². The Bertz CT molecular complexity index is 643. The molecule has 7 nitrogen and oxygen atoms in total. The SMILES string of the molecule is CN=C(NCCCN1CCCCC1C)NCc1cc(OC)c(OC)cc1OC.I. The van der Waals surface area contributed by atoms with Crippen LogP contribution in [-0.2, 0) is 6.54 Å². The molecule has 1 aliphatic heterocycles. The molecule has 8 heteroatoms. The largest absolute Gasteiger partial charge is 0.496 e. The maximum atomic E-state index is 5.49. The number of ether oxygens (including phenoxy) is 3. The minimum atomic E-state index is 0. The van der Waals surface area contributed by atoms with Crippen LogP contribution in [-0.4, -0.2) is 64.9 Å². The second kappa shape index (κ2) is 13.7. The number of aliphatic imine (C=N–C) groups is 1. The molecule has 0 saturated carbocycles. The Hall–Kier alpha value is -1.42. The molecule has 29 heavy (non-hydrogen) atoms. The van der Waals surface area contributed by atoms with E-state index in [1.165, 1.54) is 25.8 Å². The maximum Gasteiger partial charge on any atom is 0.191 e. The Morgan fingerprint density at radius 3 is 2.38 bits per heavy atom. The Morgan fingerprint density at radius 1 is 1.07 bits per heavy atom. The number of nitrogens with one attached hydrogen (secondary N) is 2. The number of rotatable bonds is 9. The van der Waals surface area contributed by atoms with Gasteiger partial charge in [0.05, 0.1) is 21.3 Å². The van der Waals surface area contributed by atoms with Crippen LogP contribution in [0.25, 0.3) is 0 Å². The molecule has 1 unspecified atom stereocenters. The zero-order valence-corrected chi connectivity index (χ0v) is 20.7. The predicted octanol–water partition coefficient (Wildman–Crippen LogP) is 3.26. The van der Waals surface area contributed by atoms with E-state index >= 15 is 0 Å². The standard InChI is InChI=1S/C21H36N4O3.HI/c1-16-9-6-7-11-25(16)12-8-10-23-21(22-2)24-15-17-13-19(27-4)20(28-5)14-18(17)26-3;/h13-14,16H,6-12,15H2,1-5H3,(H2,22,23,24);1H. The maximum absolute atomic E-state index is 5.49. The molecule has 1 aliphatic rings. The summed E-state index contributed by atoms with van der Waals surface area (Å²) in [5.41, 5.74) is 0.977. The number of piperidine rings is 1. The molecule has 1 aromatic rings. The molecular weight excluding hydrogens is 483 g/mol. The van der Waals surface area contributed by atoms with Gasteiger partial charge in [-0.15, -0.1) is 24.0 Å². The first kappa shape index (κ1) is 25.6. The molecular formula is C21H37IN4O3. The molecule has 1 saturated heterocycles. The summed E-state index contributed by atoms with van der Waals surface area (Å²) in [4.78, 5) is 6.91. The van der Waals surface area contributed by atoms with E-state index in [9.17, 15) is 0 Å². The first-order chi connectivity index (χ1) is 13.6. The molecule has 0 amide bonds.